The Morgan fingerprint density at radius 1 is 1.00 bits per heavy atom. The summed E-state index contributed by atoms with van der Waals surface area (Å²) in [5, 5.41) is 5.71. The largest absolute Gasteiger partial charge is 0.493 e. The molecule has 6 nitrogen and oxygen atoms in total. The van der Waals surface area contributed by atoms with Crippen molar-refractivity contribution in [1.29, 1.82) is 0 Å². The molecule has 1 heterocycles. The molecule has 0 aromatic heterocycles. The maximum Gasteiger partial charge on any atom is 0.321 e. The number of benzene rings is 2. The van der Waals surface area contributed by atoms with Crippen molar-refractivity contribution in [2.75, 3.05) is 30.3 Å². The van der Waals surface area contributed by atoms with Gasteiger partial charge in [-0.05, 0) is 44.0 Å². The van der Waals surface area contributed by atoms with E-state index < -0.39 is 0 Å². The number of rotatable bonds is 6. The van der Waals surface area contributed by atoms with Gasteiger partial charge in [0.1, 0.15) is 5.75 Å². The SMILES string of the molecule is CCOc1ccccc1/C=C/C(=O)Nc1ccccc1NC(=O)N1CCCC1. The molecular weight excluding hydrogens is 354 g/mol. The van der Waals surface area contributed by atoms with Crippen LogP contribution in [-0.2, 0) is 4.79 Å². The van der Waals surface area contributed by atoms with Crippen molar-refractivity contribution in [2.24, 2.45) is 0 Å². The minimum atomic E-state index is -0.283. The lowest BCUT2D eigenvalue weighted by Gasteiger charge is -2.18. The Hall–Kier alpha value is -3.28. The van der Waals surface area contributed by atoms with E-state index in [1.165, 1.54) is 6.08 Å². The van der Waals surface area contributed by atoms with Crippen molar-refractivity contribution in [3.05, 3.63) is 60.2 Å². The van der Waals surface area contributed by atoms with Gasteiger partial charge in [-0.2, -0.15) is 0 Å². The number of nitrogens with zero attached hydrogens (tertiary/aromatic N) is 1. The average Bonchev–Trinajstić information content (AvgIpc) is 3.24. The number of ether oxygens (including phenoxy) is 1. The van der Waals surface area contributed by atoms with E-state index in [0.29, 0.717) is 18.0 Å². The van der Waals surface area contributed by atoms with Crippen molar-refractivity contribution in [2.45, 2.75) is 19.8 Å². The van der Waals surface area contributed by atoms with Gasteiger partial charge in [-0.15, -0.1) is 0 Å². The third kappa shape index (κ3) is 5.13. The quantitative estimate of drug-likeness (QED) is 0.733. The first-order valence-corrected chi connectivity index (χ1v) is 9.53. The summed E-state index contributed by atoms with van der Waals surface area (Å²) in [5.41, 5.74) is 1.97. The van der Waals surface area contributed by atoms with Crippen molar-refractivity contribution in [1.82, 2.24) is 4.90 Å². The number of amides is 3. The highest BCUT2D eigenvalue weighted by atomic mass is 16.5. The molecule has 2 aromatic carbocycles. The van der Waals surface area contributed by atoms with Gasteiger partial charge in [0.25, 0.3) is 0 Å². The maximum atomic E-state index is 12.4. The first kappa shape index (κ1) is 19.5. The number of hydrogen-bond acceptors (Lipinski definition) is 3. The van der Waals surface area contributed by atoms with E-state index in [4.69, 9.17) is 4.74 Å². The Labute approximate surface area is 165 Å². The molecule has 6 heteroatoms. The van der Waals surface area contributed by atoms with Crippen LogP contribution >= 0.6 is 0 Å². The fourth-order valence-corrected chi connectivity index (χ4v) is 3.06. The molecule has 2 N–H and O–H groups in total. The highest BCUT2D eigenvalue weighted by Crippen LogP contribution is 2.23. The highest BCUT2D eigenvalue weighted by Gasteiger charge is 2.18. The number of anilines is 2. The topological polar surface area (TPSA) is 70.7 Å². The molecule has 28 heavy (non-hydrogen) atoms. The number of carbonyl (C=O) groups is 2. The Bertz CT molecular complexity index is 858. The van der Waals surface area contributed by atoms with Crippen LogP contribution in [0.15, 0.2) is 54.6 Å². The minimum absolute atomic E-state index is 0.139. The maximum absolute atomic E-state index is 12.4. The van der Waals surface area contributed by atoms with Gasteiger partial charge in [-0.1, -0.05) is 30.3 Å². The number of hydrogen-bond donors (Lipinski definition) is 2. The summed E-state index contributed by atoms with van der Waals surface area (Å²) in [5.74, 6) is 0.446. The molecule has 0 spiro atoms. The summed E-state index contributed by atoms with van der Waals surface area (Å²) >= 11 is 0. The Morgan fingerprint density at radius 3 is 2.36 bits per heavy atom. The molecule has 0 atom stereocenters. The van der Waals surface area contributed by atoms with Crippen molar-refractivity contribution in [3.8, 4) is 5.75 Å². The average molecular weight is 379 g/mol. The number of urea groups is 1. The molecule has 146 valence electrons. The van der Waals surface area contributed by atoms with Crippen LogP contribution in [0.2, 0.25) is 0 Å². The van der Waals surface area contributed by atoms with Crippen molar-refractivity contribution >= 4 is 29.4 Å². The standard InChI is InChI=1S/C22H25N3O3/c1-2-28-20-12-6-3-9-17(20)13-14-21(26)23-18-10-4-5-11-19(18)24-22(27)25-15-7-8-16-25/h3-6,9-14H,2,7-8,15-16H2,1H3,(H,23,26)(H,24,27)/b14-13+. The Morgan fingerprint density at radius 2 is 1.64 bits per heavy atom. The van der Waals surface area contributed by atoms with Crippen molar-refractivity contribution in [3.63, 3.8) is 0 Å². The lowest BCUT2D eigenvalue weighted by atomic mass is 10.2. The third-order valence-electron chi connectivity index (χ3n) is 4.45. The molecular formula is C22H25N3O3. The van der Waals surface area contributed by atoms with E-state index in [1.54, 1.807) is 23.1 Å². The van der Waals surface area contributed by atoms with Gasteiger partial charge in [-0.25, -0.2) is 4.79 Å². The van der Waals surface area contributed by atoms with Crippen LogP contribution in [0.5, 0.6) is 5.75 Å². The van der Waals surface area contributed by atoms with Crippen LogP contribution in [0.25, 0.3) is 6.08 Å². The first-order chi connectivity index (χ1) is 13.7. The van der Waals surface area contributed by atoms with Crippen molar-refractivity contribution < 1.29 is 14.3 Å². The van der Waals surface area contributed by atoms with E-state index in [1.807, 2.05) is 43.3 Å². The van der Waals surface area contributed by atoms with E-state index >= 15 is 0 Å². The molecule has 3 rings (SSSR count). The third-order valence-corrected chi connectivity index (χ3v) is 4.45. The van der Waals surface area contributed by atoms with Gasteiger partial charge in [-0.3, -0.25) is 4.79 Å². The first-order valence-electron chi connectivity index (χ1n) is 9.53. The molecule has 0 unspecified atom stereocenters. The molecule has 1 aliphatic heterocycles. The molecule has 1 fully saturated rings. The lowest BCUT2D eigenvalue weighted by molar-refractivity contribution is -0.111. The van der Waals surface area contributed by atoms with Gasteiger partial charge in [0, 0.05) is 24.7 Å². The summed E-state index contributed by atoms with van der Waals surface area (Å²) in [6.45, 7) is 4.01. The monoisotopic (exact) mass is 379 g/mol. The number of likely N-dealkylation sites (tertiary alicyclic amines) is 1. The molecule has 2 aromatic rings. The molecule has 1 aliphatic rings. The van der Waals surface area contributed by atoms with E-state index in [0.717, 1.165) is 37.2 Å². The molecule has 3 amide bonds. The Kier molecular flexibility index (Phi) is 6.68. The van der Waals surface area contributed by atoms with Crippen LogP contribution < -0.4 is 15.4 Å². The van der Waals surface area contributed by atoms with E-state index in [9.17, 15) is 9.59 Å². The van der Waals surface area contributed by atoms with Gasteiger partial charge in [0.05, 0.1) is 18.0 Å². The summed E-state index contributed by atoms with van der Waals surface area (Å²) in [7, 11) is 0. The molecule has 0 saturated carbocycles. The van der Waals surface area contributed by atoms with E-state index in [-0.39, 0.29) is 11.9 Å². The smallest absolute Gasteiger partial charge is 0.321 e. The van der Waals surface area contributed by atoms with Crippen LogP contribution in [0.4, 0.5) is 16.2 Å². The van der Waals surface area contributed by atoms with Crippen LogP contribution in [0, 0.1) is 0 Å². The normalized spacial score (nSPS) is 13.5. The van der Waals surface area contributed by atoms with Gasteiger partial charge >= 0.3 is 6.03 Å². The Balaban J connectivity index is 1.66. The van der Waals surface area contributed by atoms with E-state index in [2.05, 4.69) is 10.6 Å². The predicted octanol–water partition coefficient (Wildman–Crippen LogP) is 4.36. The van der Waals surface area contributed by atoms with Crippen LogP contribution in [-0.4, -0.2) is 36.5 Å². The second kappa shape index (κ2) is 9.60. The number of carbonyl (C=O) groups excluding carboxylic acids is 2. The van der Waals surface area contributed by atoms with Crippen LogP contribution in [0.1, 0.15) is 25.3 Å². The second-order valence-corrected chi connectivity index (χ2v) is 6.46. The van der Waals surface area contributed by atoms with Crippen LogP contribution in [0.3, 0.4) is 0 Å². The summed E-state index contributed by atoms with van der Waals surface area (Å²) in [4.78, 5) is 26.5. The number of nitrogens with one attached hydrogen (secondary N) is 2. The fourth-order valence-electron chi connectivity index (χ4n) is 3.06. The fraction of sp³-hybridized carbons (Fsp3) is 0.273. The van der Waals surface area contributed by atoms with Gasteiger partial charge in [0.15, 0.2) is 0 Å². The summed E-state index contributed by atoms with van der Waals surface area (Å²) in [6.07, 6.45) is 5.22. The zero-order valence-corrected chi connectivity index (χ0v) is 16.0. The molecule has 0 radical (unpaired) electrons. The number of para-hydroxylation sites is 3. The minimum Gasteiger partial charge on any atom is -0.493 e. The highest BCUT2D eigenvalue weighted by molar-refractivity contribution is 6.05. The van der Waals surface area contributed by atoms with Gasteiger partial charge in [0.2, 0.25) is 5.91 Å². The van der Waals surface area contributed by atoms with Gasteiger partial charge < -0.3 is 20.3 Å². The zero-order valence-electron chi connectivity index (χ0n) is 16.0. The predicted molar refractivity (Wildman–Crippen MR) is 112 cm³/mol. The molecule has 0 bridgehead atoms. The summed E-state index contributed by atoms with van der Waals surface area (Å²) < 4.78 is 5.56. The zero-order chi connectivity index (χ0) is 19.8. The molecule has 0 aliphatic carbocycles. The summed E-state index contributed by atoms with van der Waals surface area (Å²) in [6, 6.07) is 14.6. The molecule has 1 saturated heterocycles. The second-order valence-electron chi connectivity index (χ2n) is 6.46. The lowest BCUT2D eigenvalue weighted by Crippen LogP contribution is -2.32.